The Morgan fingerprint density at radius 3 is 2.63 bits per heavy atom. The van der Waals surface area contributed by atoms with Gasteiger partial charge in [0.25, 0.3) is 0 Å². The molecule has 0 bridgehead atoms. The molecule has 1 saturated carbocycles. The largest absolute Gasteiger partial charge is 0.321 e. The first kappa shape index (κ1) is 12.9. The van der Waals surface area contributed by atoms with Crippen molar-refractivity contribution in [1.82, 2.24) is 9.78 Å². The molecule has 3 nitrogen and oxygen atoms in total. The maximum atomic E-state index is 6.57. The molecule has 0 saturated heterocycles. The lowest BCUT2D eigenvalue weighted by molar-refractivity contribution is 0.302. The highest BCUT2D eigenvalue weighted by molar-refractivity contribution is 9.10. The SMILES string of the molecule is NC1(c2ccc(-n3cccn3)c(Br)c2)CCCCC1. The van der Waals surface area contributed by atoms with E-state index in [2.05, 4.69) is 39.2 Å². The third-order valence-electron chi connectivity index (χ3n) is 4.02. The van der Waals surface area contributed by atoms with Crippen molar-refractivity contribution >= 4 is 15.9 Å². The lowest BCUT2D eigenvalue weighted by Crippen LogP contribution is -2.38. The lowest BCUT2D eigenvalue weighted by atomic mass is 9.77. The molecule has 0 amide bonds. The Balaban J connectivity index is 1.95. The average Bonchev–Trinajstić information content (AvgIpc) is 2.93. The van der Waals surface area contributed by atoms with Crippen LogP contribution in [0.2, 0.25) is 0 Å². The average molecular weight is 320 g/mol. The monoisotopic (exact) mass is 319 g/mol. The minimum Gasteiger partial charge on any atom is -0.321 e. The summed E-state index contributed by atoms with van der Waals surface area (Å²) >= 11 is 3.64. The van der Waals surface area contributed by atoms with Gasteiger partial charge in [-0.15, -0.1) is 0 Å². The molecule has 19 heavy (non-hydrogen) atoms. The maximum absolute atomic E-state index is 6.57. The van der Waals surface area contributed by atoms with Gasteiger partial charge in [-0.05, 0) is 52.5 Å². The number of nitrogens with zero attached hydrogens (tertiary/aromatic N) is 2. The molecule has 4 heteroatoms. The maximum Gasteiger partial charge on any atom is 0.0787 e. The number of nitrogens with two attached hydrogens (primary N) is 1. The minimum atomic E-state index is -0.149. The Morgan fingerprint density at radius 1 is 1.21 bits per heavy atom. The highest BCUT2D eigenvalue weighted by Crippen LogP contribution is 2.36. The van der Waals surface area contributed by atoms with Gasteiger partial charge in [0, 0.05) is 22.4 Å². The van der Waals surface area contributed by atoms with Crippen molar-refractivity contribution in [3.05, 3.63) is 46.7 Å². The van der Waals surface area contributed by atoms with E-state index in [-0.39, 0.29) is 5.54 Å². The molecule has 1 aromatic heterocycles. The van der Waals surface area contributed by atoms with E-state index >= 15 is 0 Å². The van der Waals surface area contributed by atoms with E-state index < -0.39 is 0 Å². The van der Waals surface area contributed by atoms with E-state index in [1.807, 2.05) is 16.9 Å². The molecule has 2 aromatic rings. The predicted molar refractivity (Wildman–Crippen MR) is 80.2 cm³/mol. The zero-order valence-corrected chi connectivity index (χ0v) is 12.4. The van der Waals surface area contributed by atoms with Crippen LogP contribution in [0.3, 0.4) is 0 Å². The molecule has 0 spiro atoms. The standard InChI is InChI=1S/C15H18BrN3/c16-13-11-12(15(17)7-2-1-3-8-15)5-6-14(13)19-10-4-9-18-19/h4-6,9-11H,1-3,7-8,17H2. The van der Waals surface area contributed by atoms with Gasteiger partial charge in [0.05, 0.1) is 5.69 Å². The van der Waals surface area contributed by atoms with Crippen molar-refractivity contribution in [3.63, 3.8) is 0 Å². The van der Waals surface area contributed by atoms with Crippen molar-refractivity contribution < 1.29 is 0 Å². The van der Waals surface area contributed by atoms with Crippen LogP contribution in [0.1, 0.15) is 37.7 Å². The smallest absolute Gasteiger partial charge is 0.0787 e. The van der Waals surface area contributed by atoms with Crippen molar-refractivity contribution in [2.75, 3.05) is 0 Å². The van der Waals surface area contributed by atoms with Crippen LogP contribution in [0.4, 0.5) is 0 Å². The second-order valence-electron chi connectivity index (χ2n) is 5.33. The summed E-state index contributed by atoms with van der Waals surface area (Å²) in [5, 5.41) is 4.26. The van der Waals surface area contributed by atoms with Gasteiger partial charge < -0.3 is 5.73 Å². The van der Waals surface area contributed by atoms with Gasteiger partial charge in [-0.1, -0.05) is 25.3 Å². The Hall–Kier alpha value is -1.13. The van der Waals surface area contributed by atoms with Gasteiger partial charge in [-0.2, -0.15) is 5.10 Å². The molecule has 3 rings (SSSR count). The zero-order valence-electron chi connectivity index (χ0n) is 10.8. The van der Waals surface area contributed by atoms with Crippen LogP contribution < -0.4 is 5.73 Å². The van der Waals surface area contributed by atoms with Crippen LogP contribution in [0.5, 0.6) is 0 Å². The molecule has 1 aliphatic rings. The van der Waals surface area contributed by atoms with Crippen LogP contribution in [0.15, 0.2) is 41.1 Å². The van der Waals surface area contributed by atoms with Crippen molar-refractivity contribution in [2.24, 2.45) is 5.73 Å². The Labute approximate surface area is 121 Å². The van der Waals surface area contributed by atoms with Crippen LogP contribution in [-0.4, -0.2) is 9.78 Å². The van der Waals surface area contributed by atoms with Gasteiger partial charge >= 0.3 is 0 Å². The molecule has 1 aromatic carbocycles. The molecular weight excluding hydrogens is 302 g/mol. The third kappa shape index (κ3) is 2.47. The van der Waals surface area contributed by atoms with E-state index in [0.717, 1.165) is 23.0 Å². The van der Waals surface area contributed by atoms with Crippen molar-refractivity contribution in [1.29, 1.82) is 0 Å². The van der Waals surface area contributed by atoms with Crippen LogP contribution in [0, 0.1) is 0 Å². The quantitative estimate of drug-likeness (QED) is 0.916. The fourth-order valence-electron chi connectivity index (χ4n) is 2.89. The number of aromatic nitrogens is 2. The zero-order chi connectivity index (χ0) is 13.3. The van der Waals surface area contributed by atoms with Gasteiger partial charge in [0.15, 0.2) is 0 Å². The lowest BCUT2D eigenvalue weighted by Gasteiger charge is -2.34. The van der Waals surface area contributed by atoms with E-state index in [1.54, 1.807) is 6.20 Å². The molecule has 0 aliphatic heterocycles. The first-order valence-electron chi connectivity index (χ1n) is 6.78. The molecule has 0 unspecified atom stereocenters. The summed E-state index contributed by atoms with van der Waals surface area (Å²) < 4.78 is 2.90. The second kappa shape index (κ2) is 5.10. The highest BCUT2D eigenvalue weighted by atomic mass is 79.9. The van der Waals surface area contributed by atoms with Crippen molar-refractivity contribution in [2.45, 2.75) is 37.6 Å². The number of hydrogen-bond acceptors (Lipinski definition) is 2. The number of halogens is 1. The fourth-order valence-corrected chi connectivity index (χ4v) is 3.45. The van der Waals surface area contributed by atoms with Gasteiger partial charge in [0.2, 0.25) is 0 Å². The number of rotatable bonds is 2. The Kier molecular flexibility index (Phi) is 3.46. The van der Waals surface area contributed by atoms with E-state index in [0.29, 0.717) is 0 Å². The first-order valence-corrected chi connectivity index (χ1v) is 7.57. The van der Waals surface area contributed by atoms with E-state index in [4.69, 9.17) is 5.73 Å². The minimum absolute atomic E-state index is 0.149. The molecule has 100 valence electrons. The van der Waals surface area contributed by atoms with E-state index in [9.17, 15) is 0 Å². The Morgan fingerprint density at radius 2 is 2.00 bits per heavy atom. The molecule has 2 N–H and O–H groups in total. The molecule has 1 aliphatic carbocycles. The van der Waals surface area contributed by atoms with Gasteiger partial charge in [-0.3, -0.25) is 0 Å². The normalized spacial score (nSPS) is 18.4. The summed E-state index contributed by atoms with van der Waals surface area (Å²) in [4.78, 5) is 0. The van der Waals surface area contributed by atoms with Gasteiger partial charge in [-0.25, -0.2) is 4.68 Å². The summed E-state index contributed by atoms with van der Waals surface area (Å²) in [6.45, 7) is 0. The van der Waals surface area contributed by atoms with E-state index in [1.165, 1.54) is 24.8 Å². The summed E-state index contributed by atoms with van der Waals surface area (Å²) in [7, 11) is 0. The number of benzene rings is 1. The molecule has 1 fully saturated rings. The summed E-state index contributed by atoms with van der Waals surface area (Å²) in [6.07, 6.45) is 9.67. The Bertz CT molecular complexity index is 557. The van der Waals surface area contributed by atoms with Gasteiger partial charge in [0.1, 0.15) is 0 Å². The summed E-state index contributed by atoms with van der Waals surface area (Å²) in [5.74, 6) is 0. The highest BCUT2D eigenvalue weighted by Gasteiger charge is 2.29. The molecular formula is C15H18BrN3. The number of hydrogen-bond donors (Lipinski definition) is 1. The molecule has 0 atom stereocenters. The topological polar surface area (TPSA) is 43.8 Å². The van der Waals surface area contributed by atoms with Crippen molar-refractivity contribution in [3.8, 4) is 5.69 Å². The predicted octanol–water partition coefficient (Wildman–Crippen LogP) is 3.75. The van der Waals surface area contributed by atoms with Crippen LogP contribution in [0.25, 0.3) is 5.69 Å². The molecule has 0 radical (unpaired) electrons. The van der Waals surface area contributed by atoms with Crippen LogP contribution in [-0.2, 0) is 5.54 Å². The second-order valence-corrected chi connectivity index (χ2v) is 6.19. The third-order valence-corrected chi connectivity index (χ3v) is 4.65. The van der Waals surface area contributed by atoms with Crippen LogP contribution >= 0.6 is 15.9 Å². The molecule has 1 heterocycles. The fraction of sp³-hybridized carbons (Fsp3) is 0.400. The summed E-state index contributed by atoms with van der Waals surface area (Å²) in [5.41, 5.74) is 8.71. The first-order chi connectivity index (χ1) is 9.19. The summed E-state index contributed by atoms with van der Waals surface area (Å²) in [6, 6.07) is 8.32.